The summed E-state index contributed by atoms with van der Waals surface area (Å²) in [5, 5.41) is 3.43. The number of nitrogens with one attached hydrogen (secondary N) is 1. The van der Waals surface area contributed by atoms with Crippen LogP contribution in [0, 0.1) is 13.8 Å². The minimum atomic E-state index is 0.139. The van der Waals surface area contributed by atoms with E-state index >= 15 is 0 Å². The van der Waals surface area contributed by atoms with Gasteiger partial charge in [-0.25, -0.2) is 0 Å². The molecule has 0 fully saturated rings. The topological polar surface area (TPSA) is 21.3 Å². The van der Waals surface area contributed by atoms with Gasteiger partial charge in [-0.1, -0.05) is 42.0 Å². The quantitative estimate of drug-likeness (QED) is 0.878. The fourth-order valence-electron chi connectivity index (χ4n) is 2.71. The molecule has 21 heavy (non-hydrogen) atoms. The Morgan fingerprint density at radius 2 is 1.67 bits per heavy atom. The zero-order valence-corrected chi connectivity index (χ0v) is 13.6. The highest BCUT2D eigenvalue weighted by atomic mass is 16.5. The first-order chi connectivity index (χ1) is 10.0. The van der Waals surface area contributed by atoms with E-state index in [0.29, 0.717) is 0 Å². The summed E-state index contributed by atoms with van der Waals surface area (Å²) >= 11 is 0. The SMILES string of the molecule is CNC(c1ccc(C)cc1C)c1ccccc1OC(C)C. The molecule has 1 N–H and O–H groups in total. The van der Waals surface area contributed by atoms with Gasteiger partial charge in [-0.15, -0.1) is 0 Å². The highest BCUT2D eigenvalue weighted by Gasteiger charge is 2.18. The summed E-state index contributed by atoms with van der Waals surface area (Å²) in [4.78, 5) is 0. The Balaban J connectivity index is 2.46. The normalized spacial score (nSPS) is 12.5. The van der Waals surface area contributed by atoms with E-state index in [0.717, 1.165) is 5.75 Å². The van der Waals surface area contributed by atoms with Crippen molar-refractivity contribution < 1.29 is 4.74 Å². The second-order valence-electron chi connectivity index (χ2n) is 5.79. The zero-order valence-electron chi connectivity index (χ0n) is 13.6. The molecule has 2 heteroatoms. The Morgan fingerprint density at radius 3 is 2.29 bits per heavy atom. The first-order valence-electron chi connectivity index (χ1n) is 7.53. The maximum Gasteiger partial charge on any atom is 0.124 e. The van der Waals surface area contributed by atoms with E-state index in [4.69, 9.17) is 4.74 Å². The van der Waals surface area contributed by atoms with Crippen LogP contribution in [0.4, 0.5) is 0 Å². The minimum absolute atomic E-state index is 0.139. The first kappa shape index (κ1) is 15.6. The van der Waals surface area contributed by atoms with Crippen LogP contribution in [0.3, 0.4) is 0 Å². The highest BCUT2D eigenvalue weighted by molar-refractivity contribution is 5.44. The third-order valence-corrected chi connectivity index (χ3v) is 3.62. The van der Waals surface area contributed by atoms with E-state index in [1.807, 2.05) is 19.2 Å². The van der Waals surface area contributed by atoms with E-state index < -0.39 is 0 Å². The molecule has 0 saturated carbocycles. The molecule has 0 heterocycles. The molecule has 0 amide bonds. The van der Waals surface area contributed by atoms with Crippen molar-refractivity contribution in [3.63, 3.8) is 0 Å². The average Bonchev–Trinajstić information content (AvgIpc) is 2.43. The molecule has 0 aromatic heterocycles. The van der Waals surface area contributed by atoms with Crippen molar-refractivity contribution in [3.8, 4) is 5.75 Å². The molecular formula is C19H25NO. The fraction of sp³-hybridized carbons (Fsp3) is 0.368. The minimum Gasteiger partial charge on any atom is -0.491 e. The molecule has 0 aliphatic heterocycles. The number of para-hydroxylation sites is 1. The van der Waals surface area contributed by atoms with Crippen LogP contribution in [-0.2, 0) is 0 Å². The summed E-state index contributed by atoms with van der Waals surface area (Å²) in [6, 6.07) is 15.0. The standard InChI is InChI=1S/C19H25NO/c1-13(2)21-18-9-7-6-8-17(18)19(20-5)16-11-10-14(3)12-15(16)4/h6-13,19-20H,1-5H3. The van der Waals surface area contributed by atoms with Crippen molar-refractivity contribution in [3.05, 3.63) is 64.7 Å². The monoisotopic (exact) mass is 283 g/mol. The van der Waals surface area contributed by atoms with E-state index in [2.05, 4.69) is 63.3 Å². The van der Waals surface area contributed by atoms with Gasteiger partial charge in [0.2, 0.25) is 0 Å². The summed E-state index contributed by atoms with van der Waals surface area (Å²) in [6.45, 7) is 8.41. The van der Waals surface area contributed by atoms with Gasteiger partial charge in [-0.3, -0.25) is 0 Å². The highest BCUT2D eigenvalue weighted by Crippen LogP contribution is 2.32. The van der Waals surface area contributed by atoms with Crippen LogP contribution < -0.4 is 10.1 Å². The summed E-state index contributed by atoms with van der Waals surface area (Å²) in [6.07, 6.45) is 0.169. The molecule has 0 aliphatic carbocycles. The molecular weight excluding hydrogens is 258 g/mol. The van der Waals surface area contributed by atoms with Gasteiger partial charge in [0.15, 0.2) is 0 Å². The Hall–Kier alpha value is -1.80. The van der Waals surface area contributed by atoms with Crippen LogP contribution in [-0.4, -0.2) is 13.2 Å². The van der Waals surface area contributed by atoms with Crippen molar-refractivity contribution in [2.75, 3.05) is 7.05 Å². The molecule has 112 valence electrons. The second-order valence-corrected chi connectivity index (χ2v) is 5.79. The van der Waals surface area contributed by atoms with Crippen molar-refractivity contribution in [1.82, 2.24) is 5.32 Å². The number of aryl methyl sites for hydroxylation is 2. The van der Waals surface area contributed by atoms with Crippen LogP contribution >= 0.6 is 0 Å². The third-order valence-electron chi connectivity index (χ3n) is 3.62. The van der Waals surface area contributed by atoms with Crippen LogP contribution in [0.5, 0.6) is 5.75 Å². The third kappa shape index (κ3) is 3.64. The van der Waals surface area contributed by atoms with E-state index in [9.17, 15) is 0 Å². The van der Waals surface area contributed by atoms with Gasteiger partial charge < -0.3 is 10.1 Å². The van der Waals surface area contributed by atoms with Crippen LogP contribution in [0.2, 0.25) is 0 Å². The molecule has 2 nitrogen and oxygen atoms in total. The van der Waals surface area contributed by atoms with E-state index in [-0.39, 0.29) is 12.1 Å². The fourth-order valence-corrected chi connectivity index (χ4v) is 2.71. The van der Waals surface area contributed by atoms with Gasteiger partial charge in [0.05, 0.1) is 12.1 Å². The van der Waals surface area contributed by atoms with Gasteiger partial charge in [0.25, 0.3) is 0 Å². The largest absolute Gasteiger partial charge is 0.491 e. The summed E-state index contributed by atoms with van der Waals surface area (Å²) < 4.78 is 5.97. The molecule has 1 atom stereocenters. The van der Waals surface area contributed by atoms with Gasteiger partial charge in [-0.05, 0) is 51.9 Å². The number of hydrogen-bond donors (Lipinski definition) is 1. The van der Waals surface area contributed by atoms with Gasteiger partial charge in [0, 0.05) is 5.56 Å². The summed E-state index contributed by atoms with van der Waals surface area (Å²) in [5.41, 5.74) is 5.06. The Morgan fingerprint density at radius 1 is 0.952 bits per heavy atom. The van der Waals surface area contributed by atoms with Crippen molar-refractivity contribution in [2.45, 2.75) is 39.8 Å². The number of benzene rings is 2. The van der Waals surface area contributed by atoms with Crippen LogP contribution in [0.25, 0.3) is 0 Å². The molecule has 2 rings (SSSR count). The second kappa shape index (κ2) is 6.77. The first-order valence-corrected chi connectivity index (χ1v) is 7.53. The van der Waals surface area contributed by atoms with Crippen LogP contribution in [0.15, 0.2) is 42.5 Å². The lowest BCUT2D eigenvalue weighted by molar-refractivity contribution is 0.238. The Labute approximate surface area is 128 Å². The smallest absolute Gasteiger partial charge is 0.124 e. The van der Waals surface area contributed by atoms with Crippen molar-refractivity contribution in [1.29, 1.82) is 0 Å². The molecule has 0 spiro atoms. The number of rotatable bonds is 5. The van der Waals surface area contributed by atoms with Gasteiger partial charge in [-0.2, -0.15) is 0 Å². The van der Waals surface area contributed by atoms with Crippen molar-refractivity contribution in [2.24, 2.45) is 0 Å². The predicted molar refractivity (Wildman–Crippen MR) is 89.0 cm³/mol. The zero-order chi connectivity index (χ0) is 15.4. The summed E-state index contributed by atoms with van der Waals surface area (Å²) in [7, 11) is 2.00. The maximum absolute atomic E-state index is 5.97. The van der Waals surface area contributed by atoms with E-state index in [1.165, 1.54) is 22.3 Å². The maximum atomic E-state index is 5.97. The lowest BCUT2D eigenvalue weighted by atomic mass is 9.93. The molecule has 2 aromatic rings. The Bertz CT molecular complexity index is 604. The lowest BCUT2D eigenvalue weighted by Crippen LogP contribution is -2.20. The summed E-state index contributed by atoms with van der Waals surface area (Å²) in [5.74, 6) is 0.951. The van der Waals surface area contributed by atoms with Gasteiger partial charge in [0.1, 0.15) is 5.75 Å². The molecule has 1 unspecified atom stereocenters. The Kier molecular flexibility index (Phi) is 5.03. The lowest BCUT2D eigenvalue weighted by Gasteiger charge is -2.23. The van der Waals surface area contributed by atoms with E-state index in [1.54, 1.807) is 0 Å². The van der Waals surface area contributed by atoms with Crippen LogP contribution in [0.1, 0.15) is 42.1 Å². The average molecular weight is 283 g/mol. The number of ether oxygens (including phenoxy) is 1. The van der Waals surface area contributed by atoms with Crippen molar-refractivity contribution >= 4 is 0 Å². The molecule has 2 aromatic carbocycles. The molecule has 0 radical (unpaired) electrons. The molecule has 0 bridgehead atoms. The van der Waals surface area contributed by atoms with Gasteiger partial charge >= 0.3 is 0 Å². The number of hydrogen-bond acceptors (Lipinski definition) is 2. The molecule has 0 aliphatic rings. The predicted octanol–water partition coefficient (Wildman–Crippen LogP) is 4.40. The molecule has 0 saturated heterocycles.